The first-order valence-electron chi connectivity index (χ1n) is 7.46. The number of amides is 1. The molecule has 0 aromatic carbocycles. The number of aryl methyl sites for hydroxylation is 1. The maximum atomic E-state index is 13.4. The molecular weight excluding hydrogens is 313 g/mol. The van der Waals surface area contributed by atoms with Crippen LogP contribution >= 0.6 is 0 Å². The third kappa shape index (κ3) is 3.87. The molecule has 1 aromatic rings. The van der Waals surface area contributed by atoms with Gasteiger partial charge >= 0.3 is 6.18 Å². The lowest BCUT2D eigenvalue weighted by molar-refractivity contribution is -0.274. The summed E-state index contributed by atoms with van der Waals surface area (Å²) in [5, 5.41) is 10.2. The number of halogens is 3. The minimum absolute atomic E-state index is 0.242. The number of likely N-dealkylation sites (N-methyl/N-ethyl adjacent to an activating group) is 1. The molecule has 2 heterocycles. The Morgan fingerprint density at radius 2 is 1.96 bits per heavy atom. The molecule has 2 rings (SSSR count). The number of carbonyl (C=O) groups excluding carboxylic acids is 1. The van der Waals surface area contributed by atoms with Gasteiger partial charge < -0.3 is 19.3 Å². The predicted molar refractivity (Wildman–Crippen MR) is 76.7 cm³/mol. The SMILES string of the molecule is Cc1ccc(C(O)(CC(=O)N2CCCN(C)CC2)C(F)(F)F)o1. The lowest BCUT2D eigenvalue weighted by Gasteiger charge is -2.30. The Labute approximate surface area is 132 Å². The van der Waals surface area contributed by atoms with Crippen molar-refractivity contribution in [2.45, 2.75) is 31.5 Å². The van der Waals surface area contributed by atoms with Crippen LogP contribution in [0, 0.1) is 6.92 Å². The van der Waals surface area contributed by atoms with E-state index in [1.54, 1.807) is 0 Å². The van der Waals surface area contributed by atoms with Gasteiger partial charge in [-0.2, -0.15) is 13.2 Å². The summed E-state index contributed by atoms with van der Waals surface area (Å²) in [6.45, 7) is 3.59. The van der Waals surface area contributed by atoms with Gasteiger partial charge in [-0.3, -0.25) is 4.79 Å². The van der Waals surface area contributed by atoms with Gasteiger partial charge in [-0.05, 0) is 39.1 Å². The molecule has 1 saturated heterocycles. The Balaban J connectivity index is 2.19. The summed E-state index contributed by atoms with van der Waals surface area (Å²) in [5.41, 5.74) is -3.31. The zero-order valence-corrected chi connectivity index (χ0v) is 13.2. The number of furan rings is 1. The highest BCUT2D eigenvalue weighted by molar-refractivity contribution is 5.77. The summed E-state index contributed by atoms with van der Waals surface area (Å²) >= 11 is 0. The Bertz CT molecular complexity index is 558. The van der Waals surface area contributed by atoms with Gasteiger partial charge in [-0.15, -0.1) is 0 Å². The third-order valence-electron chi connectivity index (χ3n) is 4.10. The van der Waals surface area contributed by atoms with Gasteiger partial charge in [-0.25, -0.2) is 0 Å². The molecule has 0 spiro atoms. The molecule has 23 heavy (non-hydrogen) atoms. The van der Waals surface area contributed by atoms with Crippen molar-refractivity contribution in [3.05, 3.63) is 23.7 Å². The van der Waals surface area contributed by atoms with Gasteiger partial charge in [0.2, 0.25) is 11.5 Å². The summed E-state index contributed by atoms with van der Waals surface area (Å²) in [4.78, 5) is 15.7. The molecule has 1 N–H and O–H groups in total. The molecule has 1 atom stereocenters. The average Bonchev–Trinajstić information content (AvgIpc) is 2.76. The summed E-state index contributed by atoms with van der Waals surface area (Å²) in [7, 11) is 1.89. The zero-order chi connectivity index (χ0) is 17.3. The maximum absolute atomic E-state index is 13.4. The van der Waals surface area contributed by atoms with E-state index >= 15 is 0 Å². The van der Waals surface area contributed by atoms with Crippen LogP contribution in [0.25, 0.3) is 0 Å². The first-order chi connectivity index (χ1) is 10.6. The van der Waals surface area contributed by atoms with E-state index in [9.17, 15) is 23.1 Å². The van der Waals surface area contributed by atoms with Crippen molar-refractivity contribution in [3.8, 4) is 0 Å². The monoisotopic (exact) mass is 334 g/mol. The number of carbonyl (C=O) groups is 1. The van der Waals surface area contributed by atoms with E-state index < -0.39 is 29.9 Å². The third-order valence-corrected chi connectivity index (χ3v) is 4.10. The molecule has 1 aliphatic heterocycles. The molecule has 1 fully saturated rings. The highest BCUT2D eigenvalue weighted by atomic mass is 19.4. The van der Waals surface area contributed by atoms with Crippen molar-refractivity contribution in [1.29, 1.82) is 0 Å². The largest absolute Gasteiger partial charge is 0.463 e. The molecular formula is C15H21F3N2O3. The van der Waals surface area contributed by atoms with Gasteiger partial charge in [0, 0.05) is 19.6 Å². The standard InChI is InChI=1S/C15H21F3N2O3/c1-11-4-5-12(23-11)14(22,15(16,17)18)10-13(21)20-7-3-6-19(2)8-9-20/h4-5,22H,3,6-10H2,1-2H3. The lowest BCUT2D eigenvalue weighted by atomic mass is 9.95. The normalized spacial score (nSPS) is 20.2. The second-order valence-electron chi connectivity index (χ2n) is 5.98. The summed E-state index contributed by atoms with van der Waals surface area (Å²) < 4.78 is 45.1. The first-order valence-corrected chi connectivity index (χ1v) is 7.46. The van der Waals surface area contributed by atoms with Crippen LogP contribution in [0.1, 0.15) is 24.4 Å². The van der Waals surface area contributed by atoms with Crippen LogP contribution in [0.15, 0.2) is 16.5 Å². The van der Waals surface area contributed by atoms with Crippen LogP contribution in [0.3, 0.4) is 0 Å². The minimum atomic E-state index is -5.00. The summed E-state index contributed by atoms with van der Waals surface area (Å²) in [6, 6.07) is 2.39. The Morgan fingerprint density at radius 3 is 2.52 bits per heavy atom. The van der Waals surface area contributed by atoms with Crippen LogP contribution in [0.2, 0.25) is 0 Å². The van der Waals surface area contributed by atoms with Gasteiger partial charge in [0.1, 0.15) is 11.5 Å². The molecule has 5 nitrogen and oxygen atoms in total. The van der Waals surface area contributed by atoms with Crippen molar-refractivity contribution in [2.75, 3.05) is 33.2 Å². The van der Waals surface area contributed by atoms with Gasteiger partial charge in [-0.1, -0.05) is 0 Å². The highest BCUT2D eigenvalue weighted by Gasteiger charge is 2.58. The molecule has 1 aliphatic rings. The number of hydrogen-bond donors (Lipinski definition) is 1. The van der Waals surface area contributed by atoms with Gasteiger partial charge in [0.05, 0.1) is 6.42 Å². The first kappa shape index (κ1) is 17.8. The molecule has 0 aliphatic carbocycles. The van der Waals surface area contributed by atoms with Crippen molar-refractivity contribution < 1.29 is 27.5 Å². The van der Waals surface area contributed by atoms with Crippen LogP contribution < -0.4 is 0 Å². The van der Waals surface area contributed by atoms with E-state index in [0.717, 1.165) is 12.6 Å². The molecule has 8 heteroatoms. The molecule has 1 unspecified atom stereocenters. The highest BCUT2D eigenvalue weighted by Crippen LogP contribution is 2.42. The quantitative estimate of drug-likeness (QED) is 0.917. The molecule has 130 valence electrons. The smallest absolute Gasteiger partial charge is 0.425 e. The fraction of sp³-hybridized carbons (Fsp3) is 0.667. The van der Waals surface area contributed by atoms with Crippen LogP contribution in [-0.4, -0.2) is 60.2 Å². The van der Waals surface area contributed by atoms with E-state index in [-0.39, 0.29) is 5.76 Å². The Morgan fingerprint density at radius 1 is 1.26 bits per heavy atom. The van der Waals surface area contributed by atoms with E-state index in [1.165, 1.54) is 17.9 Å². The lowest BCUT2D eigenvalue weighted by Crippen LogP contribution is -2.47. The fourth-order valence-electron chi connectivity index (χ4n) is 2.61. The second-order valence-corrected chi connectivity index (χ2v) is 5.98. The van der Waals surface area contributed by atoms with Crippen molar-refractivity contribution >= 4 is 5.91 Å². The van der Waals surface area contributed by atoms with E-state index in [0.29, 0.717) is 26.1 Å². The molecule has 0 bridgehead atoms. The van der Waals surface area contributed by atoms with Crippen molar-refractivity contribution in [1.82, 2.24) is 9.80 Å². The van der Waals surface area contributed by atoms with Crippen LogP contribution in [0.4, 0.5) is 13.2 Å². The van der Waals surface area contributed by atoms with Crippen molar-refractivity contribution in [3.63, 3.8) is 0 Å². The minimum Gasteiger partial charge on any atom is -0.463 e. The van der Waals surface area contributed by atoms with E-state index in [4.69, 9.17) is 4.42 Å². The fourth-order valence-corrected chi connectivity index (χ4v) is 2.61. The topological polar surface area (TPSA) is 56.9 Å². The number of nitrogens with zero attached hydrogens (tertiary/aromatic N) is 2. The van der Waals surface area contributed by atoms with Crippen LogP contribution in [0.5, 0.6) is 0 Å². The summed E-state index contributed by atoms with van der Waals surface area (Å²) in [6.07, 6.45) is -5.39. The molecule has 0 saturated carbocycles. The van der Waals surface area contributed by atoms with E-state index in [2.05, 4.69) is 0 Å². The van der Waals surface area contributed by atoms with Gasteiger partial charge in [0.25, 0.3) is 0 Å². The van der Waals surface area contributed by atoms with Crippen molar-refractivity contribution in [2.24, 2.45) is 0 Å². The number of hydrogen-bond acceptors (Lipinski definition) is 4. The predicted octanol–water partition coefficient (Wildman–Crippen LogP) is 1.89. The Hall–Kier alpha value is -1.54. The molecule has 1 aromatic heterocycles. The second kappa shape index (κ2) is 6.52. The molecule has 0 radical (unpaired) electrons. The van der Waals surface area contributed by atoms with Gasteiger partial charge in [0.15, 0.2) is 0 Å². The zero-order valence-electron chi connectivity index (χ0n) is 13.2. The number of rotatable bonds is 3. The molecule has 1 amide bonds. The Kier molecular flexibility index (Phi) is 5.05. The number of alkyl halides is 3. The maximum Gasteiger partial charge on any atom is 0.425 e. The van der Waals surface area contributed by atoms with Crippen LogP contribution in [-0.2, 0) is 10.4 Å². The number of aliphatic hydroxyl groups is 1. The average molecular weight is 334 g/mol. The van der Waals surface area contributed by atoms with E-state index in [1.807, 2.05) is 11.9 Å². The summed E-state index contributed by atoms with van der Waals surface area (Å²) in [5.74, 6) is -1.14.